The predicted molar refractivity (Wildman–Crippen MR) is 85.0 cm³/mol. The van der Waals surface area contributed by atoms with Gasteiger partial charge in [0.2, 0.25) is 0 Å². The highest BCUT2D eigenvalue weighted by Gasteiger charge is 2.27. The molecular weight excluding hydrogens is 288 g/mol. The first-order valence-electron chi connectivity index (χ1n) is 7.54. The molecular formula is C14H28N4O2S. The third-order valence-corrected chi connectivity index (χ3v) is 5.21. The van der Waals surface area contributed by atoms with Crippen LogP contribution in [0.1, 0.15) is 39.9 Å². The fourth-order valence-electron chi connectivity index (χ4n) is 2.17. The summed E-state index contributed by atoms with van der Waals surface area (Å²) >= 11 is 0. The molecule has 1 heterocycles. The van der Waals surface area contributed by atoms with Crippen molar-refractivity contribution in [3.05, 3.63) is 12.2 Å². The topological polar surface area (TPSA) is 76.9 Å². The van der Waals surface area contributed by atoms with E-state index in [9.17, 15) is 8.42 Å². The van der Waals surface area contributed by atoms with E-state index in [0.717, 1.165) is 25.3 Å². The fraction of sp³-hybridized carbons (Fsp3) is 0.857. The van der Waals surface area contributed by atoms with Crippen LogP contribution in [0.25, 0.3) is 0 Å². The monoisotopic (exact) mass is 316 g/mol. The Bertz CT molecular complexity index is 525. The van der Waals surface area contributed by atoms with Gasteiger partial charge in [0.15, 0.2) is 9.84 Å². The van der Waals surface area contributed by atoms with Crippen molar-refractivity contribution in [2.24, 2.45) is 5.92 Å². The molecule has 0 radical (unpaired) electrons. The quantitative estimate of drug-likeness (QED) is 0.742. The molecule has 0 saturated heterocycles. The Morgan fingerprint density at radius 3 is 2.52 bits per heavy atom. The van der Waals surface area contributed by atoms with Crippen molar-refractivity contribution >= 4 is 9.84 Å². The summed E-state index contributed by atoms with van der Waals surface area (Å²) in [6.07, 6.45) is 4.36. The molecule has 0 aliphatic rings. The maximum atomic E-state index is 11.8. The molecule has 0 aliphatic carbocycles. The summed E-state index contributed by atoms with van der Waals surface area (Å²) in [6, 6.07) is -0.143. The van der Waals surface area contributed by atoms with Crippen LogP contribution in [0.2, 0.25) is 0 Å². The molecule has 0 fully saturated rings. The van der Waals surface area contributed by atoms with Crippen molar-refractivity contribution < 1.29 is 8.42 Å². The van der Waals surface area contributed by atoms with Crippen molar-refractivity contribution in [1.29, 1.82) is 0 Å². The van der Waals surface area contributed by atoms with E-state index in [-0.39, 0.29) is 6.04 Å². The SMILES string of the molecule is CCCNC(Cc1ncnn1CC(C)C)C(C)S(C)(=O)=O. The fourth-order valence-corrected chi connectivity index (χ4v) is 2.96. The van der Waals surface area contributed by atoms with E-state index in [0.29, 0.717) is 12.3 Å². The first kappa shape index (κ1) is 18.1. The zero-order valence-corrected chi connectivity index (χ0v) is 14.5. The molecule has 1 aromatic rings. The molecule has 21 heavy (non-hydrogen) atoms. The molecule has 2 atom stereocenters. The van der Waals surface area contributed by atoms with Crippen molar-refractivity contribution in [2.45, 2.75) is 58.4 Å². The Balaban J connectivity index is 2.88. The molecule has 0 aromatic carbocycles. The second-order valence-electron chi connectivity index (χ2n) is 6.05. The summed E-state index contributed by atoms with van der Waals surface area (Å²) in [5.41, 5.74) is 0. The van der Waals surface area contributed by atoms with Crippen LogP contribution in [0.15, 0.2) is 6.33 Å². The van der Waals surface area contributed by atoms with Gasteiger partial charge in [0, 0.05) is 25.3 Å². The van der Waals surface area contributed by atoms with Crippen LogP contribution in [0, 0.1) is 5.92 Å². The Morgan fingerprint density at radius 2 is 2.00 bits per heavy atom. The van der Waals surface area contributed by atoms with Gasteiger partial charge in [0.25, 0.3) is 0 Å². The molecule has 0 spiro atoms. The van der Waals surface area contributed by atoms with E-state index < -0.39 is 15.1 Å². The van der Waals surface area contributed by atoms with Gasteiger partial charge >= 0.3 is 0 Å². The number of rotatable bonds is 9. The zero-order chi connectivity index (χ0) is 16.0. The van der Waals surface area contributed by atoms with Gasteiger partial charge in [-0.15, -0.1) is 0 Å². The average Bonchev–Trinajstić information content (AvgIpc) is 2.78. The number of nitrogens with zero attached hydrogens (tertiary/aromatic N) is 3. The number of sulfone groups is 1. The van der Waals surface area contributed by atoms with E-state index in [1.165, 1.54) is 6.26 Å². The van der Waals surface area contributed by atoms with Gasteiger partial charge in [-0.3, -0.25) is 0 Å². The highest BCUT2D eigenvalue weighted by molar-refractivity contribution is 7.91. The van der Waals surface area contributed by atoms with Crippen LogP contribution in [0.5, 0.6) is 0 Å². The van der Waals surface area contributed by atoms with E-state index in [1.807, 2.05) is 4.68 Å². The molecule has 1 N–H and O–H groups in total. The van der Waals surface area contributed by atoms with E-state index in [4.69, 9.17) is 0 Å². The van der Waals surface area contributed by atoms with Crippen molar-refractivity contribution in [3.8, 4) is 0 Å². The van der Waals surface area contributed by atoms with Crippen molar-refractivity contribution in [2.75, 3.05) is 12.8 Å². The number of hydrogen-bond donors (Lipinski definition) is 1. The lowest BCUT2D eigenvalue weighted by atomic mass is 10.1. The molecule has 0 saturated carbocycles. The summed E-state index contributed by atoms with van der Waals surface area (Å²) in [5.74, 6) is 1.31. The maximum Gasteiger partial charge on any atom is 0.151 e. The lowest BCUT2D eigenvalue weighted by molar-refractivity contribution is 0.432. The zero-order valence-electron chi connectivity index (χ0n) is 13.7. The second kappa shape index (κ2) is 7.89. The molecule has 0 amide bonds. The summed E-state index contributed by atoms with van der Waals surface area (Å²) in [7, 11) is -3.09. The smallest absolute Gasteiger partial charge is 0.151 e. The van der Waals surface area contributed by atoms with Gasteiger partial charge in [-0.05, 0) is 25.8 Å². The first-order chi connectivity index (χ1) is 9.75. The lowest BCUT2D eigenvalue weighted by Gasteiger charge is -2.24. The molecule has 2 unspecified atom stereocenters. The van der Waals surface area contributed by atoms with Gasteiger partial charge in [0.1, 0.15) is 12.2 Å². The molecule has 6 nitrogen and oxygen atoms in total. The Labute approximate surface area is 128 Å². The Kier molecular flexibility index (Phi) is 6.80. The van der Waals surface area contributed by atoms with Gasteiger partial charge in [-0.25, -0.2) is 18.1 Å². The third-order valence-electron chi connectivity index (χ3n) is 3.53. The van der Waals surface area contributed by atoms with Crippen LogP contribution in [0.4, 0.5) is 0 Å². The minimum Gasteiger partial charge on any atom is -0.312 e. The van der Waals surface area contributed by atoms with Crippen molar-refractivity contribution in [1.82, 2.24) is 20.1 Å². The van der Waals surface area contributed by atoms with Crippen LogP contribution in [-0.2, 0) is 22.8 Å². The first-order valence-corrected chi connectivity index (χ1v) is 9.50. The number of nitrogens with one attached hydrogen (secondary N) is 1. The van der Waals surface area contributed by atoms with E-state index in [2.05, 4.69) is 36.2 Å². The van der Waals surface area contributed by atoms with E-state index in [1.54, 1.807) is 13.3 Å². The van der Waals surface area contributed by atoms with Gasteiger partial charge in [0.05, 0.1) is 5.25 Å². The number of aromatic nitrogens is 3. The highest BCUT2D eigenvalue weighted by Crippen LogP contribution is 2.11. The Hall–Kier alpha value is -0.950. The molecule has 7 heteroatoms. The molecule has 0 bridgehead atoms. The second-order valence-corrected chi connectivity index (χ2v) is 8.45. The van der Waals surface area contributed by atoms with Crippen LogP contribution in [0.3, 0.4) is 0 Å². The van der Waals surface area contributed by atoms with Gasteiger partial charge < -0.3 is 5.32 Å². The van der Waals surface area contributed by atoms with Crippen LogP contribution >= 0.6 is 0 Å². The van der Waals surface area contributed by atoms with Crippen LogP contribution < -0.4 is 5.32 Å². The predicted octanol–water partition coefficient (Wildman–Crippen LogP) is 1.28. The third kappa shape index (κ3) is 5.74. The minimum atomic E-state index is -3.09. The highest BCUT2D eigenvalue weighted by atomic mass is 32.2. The summed E-state index contributed by atoms with van der Waals surface area (Å²) in [6.45, 7) is 9.66. The molecule has 1 rings (SSSR count). The van der Waals surface area contributed by atoms with E-state index >= 15 is 0 Å². The lowest BCUT2D eigenvalue weighted by Crippen LogP contribution is -2.44. The summed E-state index contributed by atoms with van der Waals surface area (Å²) in [5, 5.41) is 7.12. The maximum absolute atomic E-state index is 11.8. The summed E-state index contributed by atoms with van der Waals surface area (Å²) in [4.78, 5) is 4.30. The van der Waals surface area contributed by atoms with Gasteiger partial charge in [-0.2, -0.15) is 5.10 Å². The largest absolute Gasteiger partial charge is 0.312 e. The Morgan fingerprint density at radius 1 is 1.33 bits per heavy atom. The molecule has 122 valence electrons. The molecule has 0 aliphatic heterocycles. The summed E-state index contributed by atoms with van der Waals surface area (Å²) < 4.78 is 25.6. The number of hydrogen-bond acceptors (Lipinski definition) is 5. The molecule has 1 aromatic heterocycles. The van der Waals surface area contributed by atoms with Crippen molar-refractivity contribution in [3.63, 3.8) is 0 Å². The standard InChI is InChI=1S/C14H28N4O2S/c1-6-7-15-13(12(4)21(5,19)20)8-14-16-10-17-18(14)9-11(2)3/h10-13,15H,6-9H2,1-5H3. The minimum absolute atomic E-state index is 0.143. The normalized spacial score (nSPS) is 15.3. The van der Waals surface area contributed by atoms with Crippen LogP contribution in [-0.4, -0.2) is 47.3 Å². The average molecular weight is 316 g/mol. The van der Waals surface area contributed by atoms with Gasteiger partial charge in [-0.1, -0.05) is 20.8 Å².